The van der Waals surface area contributed by atoms with Crippen molar-refractivity contribution in [2.24, 2.45) is 5.92 Å². The summed E-state index contributed by atoms with van der Waals surface area (Å²) in [6.45, 7) is 5.58. The van der Waals surface area contributed by atoms with Gasteiger partial charge in [0.2, 0.25) is 0 Å². The normalized spacial score (nSPS) is 19.9. The molecule has 1 fully saturated rings. The number of hydrogen-bond donors (Lipinski definition) is 1. The SMILES string of the molecule is C=CC1CCC(c2ccc(-c3ccc(C(=O)CC)c(O)c3F)cc2)CC1. The minimum absolute atomic E-state index is 0.0457. The first-order valence-electron chi connectivity index (χ1n) is 9.32. The molecule has 0 aliphatic heterocycles. The number of halogens is 1. The van der Waals surface area contributed by atoms with Crippen molar-refractivity contribution in [2.45, 2.75) is 44.9 Å². The van der Waals surface area contributed by atoms with E-state index in [-0.39, 0.29) is 17.8 Å². The van der Waals surface area contributed by atoms with E-state index in [1.54, 1.807) is 13.0 Å². The predicted molar refractivity (Wildman–Crippen MR) is 103 cm³/mol. The molecule has 0 aromatic heterocycles. The molecular formula is C23H25FO2. The van der Waals surface area contributed by atoms with Crippen LogP contribution in [-0.4, -0.2) is 10.9 Å². The van der Waals surface area contributed by atoms with Gasteiger partial charge in [0, 0.05) is 12.0 Å². The smallest absolute Gasteiger partial charge is 0.173 e. The highest BCUT2D eigenvalue weighted by Gasteiger charge is 2.21. The molecule has 0 spiro atoms. The van der Waals surface area contributed by atoms with Gasteiger partial charge in [-0.05, 0) is 54.7 Å². The van der Waals surface area contributed by atoms with Gasteiger partial charge in [0.15, 0.2) is 17.3 Å². The van der Waals surface area contributed by atoms with Gasteiger partial charge in [-0.25, -0.2) is 4.39 Å². The maximum atomic E-state index is 14.6. The lowest BCUT2D eigenvalue weighted by Crippen LogP contribution is -2.11. The number of aromatic hydroxyl groups is 1. The molecule has 2 aromatic rings. The summed E-state index contributed by atoms with van der Waals surface area (Å²) in [5.74, 6) is -0.377. The Hall–Kier alpha value is -2.42. The lowest BCUT2D eigenvalue weighted by Gasteiger charge is -2.27. The number of ketones is 1. The molecule has 0 saturated heterocycles. The molecule has 136 valence electrons. The molecule has 0 unspecified atom stereocenters. The second kappa shape index (κ2) is 7.86. The summed E-state index contributed by atoms with van der Waals surface area (Å²) in [4.78, 5) is 11.8. The highest BCUT2D eigenvalue weighted by atomic mass is 19.1. The first kappa shape index (κ1) is 18.4. The average Bonchev–Trinajstić information content (AvgIpc) is 2.69. The molecule has 26 heavy (non-hydrogen) atoms. The number of carbonyl (C=O) groups is 1. The summed E-state index contributed by atoms with van der Waals surface area (Å²) in [6.07, 6.45) is 6.94. The molecule has 2 aromatic carbocycles. The summed E-state index contributed by atoms with van der Waals surface area (Å²) in [5.41, 5.74) is 2.34. The Balaban J connectivity index is 1.82. The Morgan fingerprint density at radius 1 is 1.15 bits per heavy atom. The minimum Gasteiger partial charge on any atom is -0.504 e. The third-order valence-electron chi connectivity index (χ3n) is 5.54. The van der Waals surface area contributed by atoms with Crippen molar-refractivity contribution < 1.29 is 14.3 Å². The van der Waals surface area contributed by atoms with E-state index in [1.165, 1.54) is 24.5 Å². The summed E-state index contributed by atoms with van der Waals surface area (Å²) in [5, 5.41) is 10.0. The topological polar surface area (TPSA) is 37.3 Å². The molecule has 1 saturated carbocycles. The molecule has 3 heteroatoms. The zero-order valence-corrected chi connectivity index (χ0v) is 15.2. The standard InChI is InChI=1S/C23H25FO2/c1-3-15-5-7-16(8-6-15)17-9-11-18(12-10-17)19-13-14-20(21(25)4-2)23(26)22(19)24/h3,9-16,26H,1,4-8H2,2H3. The average molecular weight is 352 g/mol. The van der Waals surface area contributed by atoms with Gasteiger partial charge in [0.25, 0.3) is 0 Å². The van der Waals surface area contributed by atoms with E-state index in [4.69, 9.17) is 0 Å². The van der Waals surface area contributed by atoms with E-state index in [0.29, 0.717) is 23.0 Å². The molecule has 0 radical (unpaired) electrons. The third-order valence-corrected chi connectivity index (χ3v) is 5.54. The van der Waals surface area contributed by atoms with E-state index < -0.39 is 11.6 Å². The summed E-state index contributed by atoms with van der Waals surface area (Å²) >= 11 is 0. The van der Waals surface area contributed by atoms with E-state index in [9.17, 15) is 14.3 Å². The largest absolute Gasteiger partial charge is 0.504 e. The Morgan fingerprint density at radius 3 is 2.38 bits per heavy atom. The highest BCUT2D eigenvalue weighted by Crippen LogP contribution is 2.37. The number of phenols is 1. The van der Waals surface area contributed by atoms with Crippen LogP contribution in [-0.2, 0) is 0 Å². The van der Waals surface area contributed by atoms with Crippen molar-refractivity contribution in [1.82, 2.24) is 0 Å². The zero-order valence-electron chi connectivity index (χ0n) is 15.2. The monoisotopic (exact) mass is 352 g/mol. The maximum absolute atomic E-state index is 14.6. The van der Waals surface area contributed by atoms with Crippen LogP contribution in [0, 0.1) is 11.7 Å². The van der Waals surface area contributed by atoms with Crippen molar-refractivity contribution >= 4 is 5.78 Å². The fraction of sp³-hybridized carbons (Fsp3) is 0.348. The number of allylic oxidation sites excluding steroid dienone is 1. The molecule has 0 heterocycles. The van der Waals surface area contributed by atoms with Crippen LogP contribution < -0.4 is 0 Å². The van der Waals surface area contributed by atoms with Crippen LogP contribution in [0.2, 0.25) is 0 Å². The van der Waals surface area contributed by atoms with Gasteiger partial charge in [-0.3, -0.25) is 4.79 Å². The fourth-order valence-corrected chi connectivity index (χ4v) is 3.83. The van der Waals surface area contributed by atoms with Gasteiger partial charge >= 0.3 is 0 Å². The van der Waals surface area contributed by atoms with Crippen molar-refractivity contribution in [3.63, 3.8) is 0 Å². The van der Waals surface area contributed by atoms with Gasteiger partial charge in [-0.2, -0.15) is 0 Å². The number of Topliss-reactive ketones (excluding diaryl/α,β-unsaturated/α-hetero) is 1. The predicted octanol–water partition coefficient (Wildman–Crippen LogP) is 6.25. The van der Waals surface area contributed by atoms with E-state index in [0.717, 1.165) is 12.8 Å². The molecular weight excluding hydrogens is 327 g/mol. The van der Waals surface area contributed by atoms with Crippen LogP contribution in [0.3, 0.4) is 0 Å². The summed E-state index contributed by atoms with van der Waals surface area (Å²) in [7, 11) is 0. The molecule has 1 aliphatic rings. The van der Waals surface area contributed by atoms with Crippen molar-refractivity contribution in [3.05, 3.63) is 66.0 Å². The fourth-order valence-electron chi connectivity index (χ4n) is 3.83. The minimum atomic E-state index is -0.733. The number of benzene rings is 2. The van der Waals surface area contributed by atoms with Gasteiger partial charge in [0.1, 0.15) is 0 Å². The Kier molecular flexibility index (Phi) is 5.55. The molecule has 0 amide bonds. The lowest BCUT2D eigenvalue weighted by molar-refractivity contribution is 0.0985. The second-order valence-electron chi connectivity index (χ2n) is 7.07. The summed E-state index contributed by atoms with van der Waals surface area (Å²) in [6, 6.07) is 11.0. The van der Waals surface area contributed by atoms with Crippen molar-refractivity contribution in [1.29, 1.82) is 0 Å². The lowest BCUT2D eigenvalue weighted by atomic mass is 9.78. The van der Waals surface area contributed by atoms with Gasteiger partial charge in [-0.1, -0.05) is 43.3 Å². The number of hydrogen-bond acceptors (Lipinski definition) is 2. The van der Waals surface area contributed by atoms with Crippen molar-refractivity contribution in [2.75, 3.05) is 0 Å². The molecule has 2 nitrogen and oxygen atoms in total. The van der Waals surface area contributed by atoms with E-state index >= 15 is 0 Å². The summed E-state index contributed by atoms with van der Waals surface area (Å²) < 4.78 is 14.6. The van der Waals surface area contributed by atoms with Gasteiger partial charge < -0.3 is 5.11 Å². The van der Waals surface area contributed by atoms with Crippen LogP contribution in [0.15, 0.2) is 49.1 Å². The maximum Gasteiger partial charge on any atom is 0.173 e. The van der Waals surface area contributed by atoms with Crippen LogP contribution in [0.4, 0.5) is 4.39 Å². The molecule has 0 bridgehead atoms. The molecule has 1 aliphatic carbocycles. The van der Waals surface area contributed by atoms with Crippen LogP contribution in [0.5, 0.6) is 5.75 Å². The van der Waals surface area contributed by atoms with Crippen molar-refractivity contribution in [3.8, 4) is 16.9 Å². The van der Waals surface area contributed by atoms with Crippen LogP contribution >= 0.6 is 0 Å². The van der Waals surface area contributed by atoms with E-state index in [1.807, 2.05) is 12.1 Å². The third kappa shape index (κ3) is 3.57. The Bertz CT molecular complexity index is 800. The quantitative estimate of drug-likeness (QED) is 0.510. The van der Waals surface area contributed by atoms with Crippen LogP contribution in [0.25, 0.3) is 11.1 Å². The Labute approximate surface area is 154 Å². The second-order valence-corrected chi connectivity index (χ2v) is 7.07. The molecule has 3 rings (SSSR count). The number of rotatable bonds is 5. The first-order valence-corrected chi connectivity index (χ1v) is 9.32. The van der Waals surface area contributed by atoms with Gasteiger partial charge in [0.05, 0.1) is 5.56 Å². The molecule has 0 atom stereocenters. The van der Waals surface area contributed by atoms with Gasteiger partial charge in [-0.15, -0.1) is 6.58 Å². The number of phenolic OH excluding ortho intramolecular Hbond substituents is 1. The highest BCUT2D eigenvalue weighted by molar-refractivity contribution is 5.99. The number of carbonyl (C=O) groups excluding carboxylic acids is 1. The zero-order chi connectivity index (χ0) is 18.7. The van der Waals surface area contributed by atoms with Crippen LogP contribution in [0.1, 0.15) is 60.9 Å². The Morgan fingerprint density at radius 2 is 1.81 bits per heavy atom. The van der Waals surface area contributed by atoms with E-state index in [2.05, 4.69) is 24.8 Å². The molecule has 1 N–H and O–H groups in total. The first-order chi connectivity index (χ1) is 12.5.